The molecule has 1 heterocycles. The first-order chi connectivity index (χ1) is 16.0. The summed E-state index contributed by atoms with van der Waals surface area (Å²) in [5.41, 5.74) is 1.74. The number of ether oxygens (including phenoxy) is 2. The lowest BCUT2D eigenvalue weighted by Gasteiger charge is -2.17. The molecule has 0 radical (unpaired) electrons. The van der Waals surface area contributed by atoms with Crippen LogP contribution < -0.4 is 15.5 Å². The standard InChI is InChI=1S/C26H24N2O5/c1-3-32-19-14-12-18(13-15-19)27-26(31)17(2)33-24(29)16-28-22-10-6-4-8-20(22)25(30)21-9-5-7-11-23(21)28/h4-15,17H,3,16H2,1-2H3,(H,27,31). The smallest absolute Gasteiger partial charge is 0.326 e. The van der Waals surface area contributed by atoms with E-state index in [1.165, 1.54) is 6.92 Å². The fourth-order valence-corrected chi connectivity index (χ4v) is 3.71. The lowest BCUT2D eigenvalue weighted by Crippen LogP contribution is -2.31. The van der Waals surface area contributed by atoms with E-state index in [9.17, 15) is 14.4 Å². The van der Waals surface area contributed by atoms with Crippen LogP contribution in [0.3, 0.4) is 0 Å². The van der Waals surface area contributed by atoms with E-state index < -0.39 is 18.0 Å². The molecule has 7 nitrogen and oxygen atoms in total. The van der Waals surface area contributed by atoms with Crippen LogP contribution in [0.4, 0.5) is 5.69 Å². The van der Waals surface area contributed by atoms with Gasteiger partial charge in [0, 0.05) is 16.5 Å². The van der Waals surface area contributed by atoms with Crippen molar-refractivity contribution in [1.82, 2.24) is 4.57 Å². The topological polar surface area (TPSA) is 86.6 Å². The van der Waals surface area contributed by atoms with Gasteiger partial charge in [-0.15, -0.1) is 0 Å². The number of aromatic nitrogens is 1. The van der Waals surface area contributed by atoms with Crippen LogP contribution in [0.1, 0.15) is 13.8 Å². The van der Waals surface area contributed by atoms with Gasteiger partial charge in [0.1, 0.15) is 12.3 Å². The molecule has 0 aliphatic heterocycles. The minimum atomic E-state index is -0.999. The molecule has 168 valence electrons. The molecule has 3 aromatic carbocycles. The zero-order valence-electron chi connectivity index (χ0n) is 18.4. The predicted octanol–water partition coefficient (Wildman–Crippen LogP) is 4.12. The Morgan fingerprint density at radius 1 is 0.909 bits per heavy atom. The third kappa shape index (κ3) is 4.72. The molecule has 0 saturated heterocycles. The molecule has 4 aromatic rings. The Hall–Kier alpha value is -4.13. The molecule has 0 fully saturated rings. The number of anilines is 1. The van der Waals surface area contributed by atoms with Crippen molar-refractivity contribution in [3.05, 3.63) is 83.0 Å². The van der Waals surface area contributed by atoms with Gasteiger partial charge in [0.05, 0.1) is 17.6 Å². The Morgan fingerprint density at radius 3 is 2.06 bits per heavy atom. The molecular formula is C26H24N2O5. The number of benzene rings is 3. The largest absolute Gasteiger partial charge is 0.494 e. The number of carbonyl (C=O) groups excluding carboxylic acids is 2. The predicted molar refractivity (Wildman–Crippen MR) is 128 cm³/mol. The lowest BCUT2D eigenvalue weighted by molar-refractivity contribution is -0.153. The molecule has 0 aliphatic rings. The summed E-state index contributed by atoms with van der Waals surface area (Å²) in [5, 5.41) is 3.76. The van der Waals surface area contributed by atoms with Crippen molar-refractivity contribution in [3.63, 3.8) is 0 Å². The fraction of sp³-hybridized carbons (Fsp3) is 0.192. The molecule has 1 atom stereocenters. The van der Waals surface area contributed by atoms with Crippen molar-refractivity contribution >= 4 is 39.4 Å². The summed E-state index contributed by atoms with van der Waals surface area (Å²) in [6.07, 6.45) is -0.999. The van der Waals surface area contributed by atoms with Gasteiger partial charge in [-0.05, 0) is 62.4 Å². The SMILES string of the molecule is CCOc1ccc(NC(=O)C(C)OC(=O)Cn2c3ccccc3c(=O)c3ccccc32)cc1. The molecule has 4 rings (SSSR count). The summed E-state index contributed by atoms with van der Waals surface area (Å²) in [7, 11) is 0. The van der Waals surface area contributed by atoms with Gasteiger partial charge in [0.15, 0.2) is 11.5 Å². The van der Waals surface area contributed by atoms with Gasteiger partial charge in [-0.25, -0.2) is 0 Å². The maximum Gasteiger partial charge on any atom is 0.326 e. The molecule has 1 amide bonds. The highest BCUT2D eigenvalue weighted by Crippen LogP contribution is 2.20. The average Bonchev–Trinajstić information content (AvgIpc) is 2.83. The lowest BCUT2D eigenvalue weighted by atomic mass is 10.1. The normalized spacial score (nSPS) is 11.8. The Labute approximate surface area is 190 Å². The molecule has 0 spiro atoms. The van der Waals surface area contributed by atoms with Crippen LogP contribution in [0.5, 0.6) is 5.75 Å². The molecular weight excluding hydrogens is 420 g/mol. The molecule has 0 saturated carbocycles. The molecule has 0 aliphatic carbocycles. The van der Waals surface area contributed by atoms with Gasteiger partial charge in [-0.1, -0.05) is 24.3 Å². The maximum absolute atomic E-state index is 12.8. The van der Waals surface area contributed by atoms with Crippen LogP contribution in [-0.2, 0) is 20.9 Å². The Balaban J connectivity index is 1.51. The monoisotopic (exact) mass is 444 g/mol. The van der Waals surface area contributed by atoms with Crippen molar-refractivity contribution < 1.29 is 19.1 Å². The maximum atomic E-state index is 12.8. The number of hydrogen-bond donors (Lipinski definition) is 1. The third-order valence-electron chi connectivity index (χ3n) is 5.28. The molecule has 1 unspecified atom stereocenters. The number of esters is 1. The summed E-state index contributed by atoms with van der Waals surface area (Å²) in [4.78, 5) is 38.1. The number of nitrogens with one attached hydrogen (secondary N) is 1. The minimum Gasteiger partial charge on any atom is -0.494 e. The summed E-state index contributed by atoms with van der Waals surface area (Å²) in [6.45, 7) is 3.83. The number of nitrogens with zero attached hydrogens (tertiary/aromatic N) is 1. The van der Waals surface area contributed by atoms with E-state index in [0.717, 1.165) is 0 Å². The van der Waals surface area contributed by atoms with Crippen molar-refractivity contribution in [2.75, 3.05) is 11.9 Å². The average molecular weight is 444 g/mol. The van der Waals surface area contributed by atoms with Gasteiger partial charge in [-0.2, -0.15) is 0 Å². The van der Waals surface area contributed by atoms with Crippen LogP contribution in [0.2, 0.25) is 0 Å². The highest BCUT2D eigenvalue weighted by atomic mass is 16.5. The van der Waals surface area contributed by atoms with Gasteiger partial charge in [0.25, 0.3) is 5.91 Å². The van der Waals surface area contributed by atoms with Crippen molar-refractivity contribution in [1.29, 1.82) is 0 Å². The van der Waals surface area contributed by atoms with Gasteiger partial charge >= 0.3 is 5.97 Å². The van der Waals surface area contributed by atoms with Gasteiger partial charge < -0.3 is 19.4 Å². The zero-order chi connectivity index (χ0) is 23.4. The van der Waals surface area contributed by atoms with E-state index >= 15 is 0 Å². The quantitative estimate of drug-likeness (QED) is 0.342. The van der Waals surface area contributed by atoms with E-state index in [-0.39, 0.29) is 12.0 Å². The van der Waals surface area contributed by atoms with E-state index in [1.807, 2.05) is 19.1 Å². The first-order valence-corrected chi connectivity index (χ1v) is 10.7. The Morgan fingerprint density at radius 2 is 1.48 bits per heavy atom. The number of fused-ring (bicyclic) bond motifs is 2. The molecule has 33 heavy (non-hydrogen) atoms. The van der Waals surface area contributed by atoms with E-state index in [1.54, 1.807) is 65.2 Å². The van der Waals surface area contributed by atoms with Crippen LogP contribution in [-0.4, -0.2) is 29.2 Å². The van der Waals surface area contributed by atoms with Crippen LogP contribution in [0.25, 0.3) is 21.8 Å². The molecule has 7 heteroatoms. The van der Waals surface area contributed by atoms with Crippen LogP contribution in [0, 0.1) is 0 Å². The van der Waals surface area contributed by atoms with Crippen LogP contribution >= 0.6 is 0 Å². The first kappa shape index (κ1) is 22.1. The molecule has 1 aromatic heterocycles. The first-order valence-electron chi connectivity index (χ1n) is 10.7. The third-order valence-corrected chi connectivity index (χ3v) is 5.28. The second-order valence-corrected chi connectivity index (χ2v) is 7.53. The number of para-hydroxylation sites is 2. The van der Waals surface area contributed by atoms with Crippen molar-refractivity contribution in [2.24, 2.45) is 0 Å². The summed E-state index contributed by atoms with van der Waals surface area (Å²) < 4.78 is 12.5. The number of amides is 1. The van der Waals surface area contributed by atoms with Crippen LogP contribution in [0.15, 0.2) is 77.6 Å². The highest BCUT2D eigenvalue weighted by Gasteiger charge is 2.20. The second-order valence-electron chi connectivity index (χ2n) is 7.53. The molecule has 0 bridgehead atoms. The van der Waals surface area contributed by atoms with E-state index in [4.69, 9.17) is 9.47 Å². The van der Waals surface area contributed by atoms with Crippen molar-refractivity contribution in [3.8, 4) is 5.75 Å². The summed E-state index contributed by atoms with van der Waals surface area (Å²) in [6, 6.07) is 21.2. The Bertz CT molecular complexity index is 1320. The fourth-order valence-electron chi connectivity index (χ4n) is 3.71. The van der Waals surface area contributed by atoms with Crippen molar-refractivity contribution in [2.45, 2.75) is 26.5 Å². The number of carbonyl (C=O) groups is 2. The van der Waals surface area contributed by atoms with Gasteiger partial charge in [-0.3, -0.25) is 14.4 Å². The summed E-state index contributed by atoms with van der Waals surface area (Å²) >= 11 is 0. The molecule has 1 N–H and O–H groups in total. The highest BCUT2D eigenvalue weighted by molar-refractivity contribution is 5.96. The van der Waals surface area contributed by atoms with Gasteiger partial charge in [0.2, 0.25) is 0 Å². The summed E-state index contributed by atoms with van der Waals surface area (Å²) in [5.74, 6) is -0.319. The van der Waals surface area contributed by atoms with E-state index in [0.29, 0.717) is 39.8 Å². The number of hydrogen-bond acceptors (Lipinski definition) is 5. The number of rotatable bonds is 7. The second kappa shape index (κ2) is 9.56. The Kier molecular flexibility index (Phi) is 6.40. The minimum absolute atomic E-state index is 0.0890. The van der Waals surface area contributed by atoms with E-state index in [2.05, 4.69) is 5.32 Å². The number of pyridine rings is 1. The zero-order valence-corrected chi connectivity index (χ0v) is 18.4.